The van der Waals surface area contributed by atoms with Gasteiger partial charge in [0.1, 0.15) is 22.6 Å². The second-order valence-corrected chi connectivity index (χ2v) is 10.3. The molecule has 1 saturated heterocycles. The molecule has 0 spiro atoms. The molecular weight excluding hydrogens is 444 g/mol. The van der Waals surface area contributed by atoms with E-state index in [-0.39, 0.29) is 17.4 Å². The van der Waals surface area contributed by atoms with Crippen LogP contribution in [0.4, 0.5) is 0 Å². The van der Waals surface area contributed by atoms with E-state index in [0.717, 1.165) is 61.2 Å². The van der Waals surface area contributed by atoms with E-state index in [1.54, 1.807) is 29.0 Å². The first-order valence-corrected chi connectivity index (χ1v) is 12.2. The third-order valence-corrected chi connectivity index (χ3v) is 7.97. The summed E-state index contributed by atoms with van der Waals surface area (Å²) in [7, 11) is 0. The fourth-order valence-electron chi connectivity index (χ4n) is 5.82. The zero-order chi connectivity index (χ0) is 23.9. The van der Waals surface area contributed by atoms with E-state index in [0.29, 0.717) is 34.0 Å². The van der Waals surface area contributed by atoms with Crippen molar-refractivity contribution in [1.29, 1.82) is 0 Å². The summed E-state index contributed by atoms with van der Waals surface area (Å²) in [5.74, 6) is 2.55. The molecule has 1 aromatic carbocycles. The number of ether oxygens (including phenoxy) is 1. The smallest absolute Gasteiger partial charge is 0.255 e. The van der Waals surface area contributed by atoms with Crippen molar-refractivity contribution in [3.63, 3.8) is 0 Å². The highest BCUT2D eigenvalue weighted by Crippen LogP contribution is 2.57. The maximum Gasteiger partial charge on any atom is 0.255 e. The molecule has 0 atom stereocenters. The van der Waals surface area contributed by atoms with E-state index in [9.17, 15) is 9.59 Å². The van der Waals surface area contributed by atoms with E-state index in [2.05, 4.69) is 10.4 Å². The zero-order valence-corrected chi connectivity index (χ0v) is 19.8. The summed E-state index contributed by atoms with van der Waals surface area (Å²) in [6.07, 6.45) is 7.75. The number of hydrogen-bond acceptors (Lipinski definition) is 5. The maximum atomic E-state index is 13.0. The van der Waals surface area contributed by atoms with Gasteiger partial charge in [-0.15, -0.1) is 0 Å². The number of furan rings is 1. The number of amides is 2. The second-order valence-electron chi connectivity index (χ2n) is 10.3. The summed E-state index contributed by atoms with van der Waals surface area (Å²) in [6, 6.07) is 7.32. The third kappa shape index (κ3) is 3.02. The molecule has 8 nitrogen and oxygen atoms in total. The lowest BCUT2D eigenvalue weighted by molar-refractivity contribution is -0.0438. The van der Waals surface area contributed by atoms with Crippen LogP contribution >= 0.6 is 0 Å². The minimum Gasteiger partial charge on any atom is -0.460 e. The maximum absolute atomic E-state index is 13.0. The van der Waals surface area contributed by atoms with Gasteiger partial charge in [-0.05, 0) is 63.1 Å². The van der Waals surface area contributed by atoms with Crippen molar-refractivity contribution < 1.29 is 18.7 Å². The van der Waals surface area contributed by atoms with Crippen LogP contribution in [0.2, 0.25) is 0 Å². The minimum atomic E-state index is -0.0629. The Balaban J connectivity index is 1.20. The third-order valence-electron chi connectivity index (χ3n) is 7.97. The van der Waals surface area contributed by atoms with Crippen molar-refractivity contribution in [3.8, 4) is 11.5 Å². The highest BCUT2D eigenvalue weighted by atomic mass is 16.5. The Kier molecular flexibility index (Phi) is 4.17. The zero-order valence-electron chi connectivity index (χ0n) is 19.8. The lowest BCUT2D eigenvalue weighted by atomic mass is 9.50. The summed E-state index contributed by atoms with van der Waals surface area (Å²) in [5, 5.41) is 8.39. The van der Waals surface area contributed by atoms with Crippen LogP contribution in [-0.4, -0.2) is 45.0 Å². The molecule has 0 radical (unpaired) electrons. The van der Waals surface area contributed by atoms with Gasteiger partial charge in [0.2, 0.25) is 0 Å². The number of nitrogens with one attached hydrogen (secondary N) is 1. The number of likely N-dealkylation sites (tertiary alicyclic amines) is 1. The monoisotopic (exact) mass is 470 g/mol. The largest absolute Gasteiger partial charge is 0.460 e. The number of aryl methyl sites for hydroxylation is 2. The Hall–Kier alpha value is -3.81. The van der Waals surface area contributed by atoms with Crippen molar-refractivity contribution in [1.82, 2.24) is 19.8 Å². The van der Waals surface area contributed by atoms with E-state index in [1.165, 1.54) is 0 Å². The van der Waals surface area contributed by atoms with Crippen molar-refractivity contribution in [3.05, 3.63) is 59.1 Å². The van der Waals surface area contributed by atoms with Gasteiger partial charge in [0.05, 0.1) is 17.3 Å². The molecular formula is C27H26N4O4. The Bertz CT molecular complexity index is 1530. The quantitative estimate of drug-likeness (QED) is 0.460. The number of fused-ring (bicyclic) bond motifs is 2. The lowest BCUT2D eigenvalue weighted by Crippen LogP contribution is -2.68. The molecule has 178 valence electrons. The standard InChI is InChI=1S/C27H26N4O4/c1-15-20(26(33)30-8-3-9-30)14-31-24(15)21(6-7-28-31)35-18-4-5-19-22(10-18)34-16(2)23(19)25(32)29-27-11-17(12-27)13-27/h4-7,10,14,17H,3,8-9,11-13H2,1-2H3,(H,29,32). The molecule has 35 heavy (non-hydrogen) atoms. The van der Waals surface area contributed by atoms with Crippen LogP contribution in [0.3, 0.4) is 0 Å². The highest BCUT2D eigenvalue weighted by Gasteiger charge is 2.57. The van der Waals surface area contributed by atoms with Gasteiger partial charge in [0, 0.05) is 42.3 Å². The summed E-state index contributed by atoms with van der Waals surface area (Å²) >= 11 is 0. The van der Waals surface area contributed by atoms with Gasteiger partial charge in [-0.3, -0.25) is 9.59 Å². The van der Waals surface area contributed by atoms with Gasteiger partial charge in [-0.25, -0.2) is 4.52 Å². The second kappa shape index (κ2) is 7.10. The fourth-order valence-corrected chi connectivity index (χ4v) is 5.82. The van der Waals surface area contributed by atoms with Crippen LogP contribution in [-0.2, 0) is 0 Å². The number of aromatic nitrogens is 2. The van der Waals surface area contributed by atoms with Crippen molar-refractivity contribution >= 4 is 28.3 Å². The lowest BCUT2D eigenvalue weighted by Gasteiger charge is -2.61. The highest BCUT2D eigenvalue weighted by molar-refractivity contribution is 6.08. The minimum absolute atomic E-state index is 0.0124. The van der Waals surface area contributed by atoms with Crippen LogP contribution in [0.1, 0.15) is 57.7 Å². The average Bonchev–Trinajstić information content (AvgIpc) is 3.25. The molecule has 0 unspecified atom stereocenters. The first-order chi connectivity index (χ1) is 16.9. The normalized spacial score (nSPS) is 22.5. The van der Waals surface area contributed by atoms with Gasteiger partial charge in [-0.2, -0.15) is 5.10 Å². The van der Waals surface area contributed by atoms with Gasteiger partial charge in [0.15, 0.2) is 5.75 Å². The topological polar surface area (TPSA) is 89.1 Å². The van der Waals surface area contributed by atoms with Crippen molar-refractivity contribution in [2.24, 2.45) is 5.92 Å². The van der Waals surface area contributed by atoms with E-state index < -0.39 is 0 Å². The SMILES string of the molecule is Cc1oc2cc(Oc3ccnn4cc(C(=O)N5CCC5)c(C)c34)ccc2c1C(=O)NC12CC(C1)C2. The molecule has 3 aliphatic carbocycles. The van der Waals surface area contributed by atoms with Crippen LogP contribution in [0.15, 0.2) is 41.1 Å². The first kappa shape index (κ1) is 20.6. The van der Waals surface area contributed by atoms with Crippen LogP contribution in [0.5, 0.6) is 11.5 Å². The Morgan fingerprint density at radius 2 is 1.97 bits per heavy atom. The molecule has 2 amide bonds. The van der Waals surface area contributed by atoms with E-state index >= 15 is 0 Å². The van der Waals surface area contributed by atoms with Crippen LogP contribution in [0, 0.1) is 19.8 Å². The van der Waals surface area contributed by atoms with Crippen molar-refractivity contribution in [2.45, 2.75) is 45.1 Å². The summed E-state index contributed by atoms with van der Waals surface area (Å²) in [6.45, 7) is 5.34. The molecule has 4 aliphatic rings. The molecule has 8 rings (SSSR count). The molecule has 2 bridgehead atoms. The molecule has 1 N–H and O–H groups in total. The Morgan fingerprint density at radius 3 is 2.66 bits per heavy atom. The molecule has 8 heteroatoms. The van der Waals surface area contributed by atoms with E-state index in [4.69, 9.17) is 9.15 Å². The first-order valence-electron chi connectivity index (χ1n) is 12.2. The van der Waals surface area contributed by atoms with Gasteiger partial charge in [0.25, 0.3) is 11.8 Å². The fraction of sp³-hybridized carbons (Fsp3) is 0.370. The van der Waals surface area contributed by atoms with Crippen molar-refractivity contribution in [2.75, 3.05) is 13.1 Å². The molecule has 3 aromatic heterocycles. The number of nitrogens with zero attached hydrogens (tertiary/aromatic N) is 3. The predicted molar refractivity (Wildman–Crippen MR) is 129 cm³/mol. The molecule has 3 saturated carbocycles. The average molecular weight is 471 g/mol. The Labute approximate surface area is 201 Å². The molecule has 4 fully saturated rings. The summed E-state index contributed by atoms with van der Waals surface area (Å²) in [4.78, 5) is 27.7. The number of carbonyl (C=O) groups excluding carboxylic acids is 2. The van der Waals surface area contributed by atoms with Gasteiger partial charge >= 0.3 is 0 Å². The molecule has 1 aliphatic heterocycles. The molecule has 4 aromatic rings. The number of rotatable bonds is 5. The Morgan fingerprint density at radius 1 is 1.17 bits per heavy atom. The summed E-state index contributed by atoms with van der Waals surface area (Å²) < 4.78 is 13.9. The van der Waals surface area contributed by atoms with Gasteiger partial charge in [-0.1, -0.05) is 0 Å². The van der Waals surface area contributed by atoms with Crippen LogP contribution < -0.4 is 10.1 Å². The van der Waals surface area contributed by atoms with E-state index in [1.807, 2.05) is 30.9 Å². The molecule has 4 heterocycles. The van der Waals surface area contributed by atoms with Crippen LogP contribution in [0.25, 0.3) is 16.5 Å². The van der Waals surface area contributed by atoms with Gasteiger partial charge < -0.3 is 19.4 Å². The number of hydrogen-bond donors (Lipinski definition) is 1. The number of carbonyl (C=O) groups is 2. The number of benzene rings is 1. The summed E-state index contributed by atoms with van der Waals surface area (Å²) in [5.41, 5.74) is 3.45. The predicted octanol–water partition coefficient (Wildman–Crippen LogP) is 4.62.